The molecule has 0 N–H and O–H groups in total. The van der Waals surface area contributed by atoms with Crippen molar-refractivity contribution in [3.63, 3.8) is 0 Å². The zero-order valence-electron chi connectivity index (χ0n) is 12.5. The Morgan fingerprint density at radius 3 is 2.76 bits per heavy atom. The largest absolute Gasteiger partial charge is 0.360 e. The second kappa shape index (κ2) is 5.72. The number of piperidine rings is 1. The number of likely N-dealkylation sites (tertiary alicyclic amines) is 1. The van der Waals surface area contributed by atoms with Gasteiger partial charge >= 0.3 is 0 Å². The second-order valence-electron chi connectivity index (χ2n) is 5.67. The maximum absolute atomic E-state index is 12.9. The molecule has 0 bridgehead atoms. The number of carbonyl (C=O) groups excluding carboxylic acids is 1. The molecule has 4 nitrogen and oxygen atoms in total. The summed E-state index contributed by atoms with van der Waals surface area (Å²) in [6.45, 7) is 4.74. The lowest BCUT2D eigenvalue weighted by Crippen LogP contribution is -2.42. The summed E-state index contributed by atoms with van der Waals surface area (Å²) in [5.74, 6) is 0.636. The van der Waals surface area contributed by atoms with Crippen LogP contribution < -0.4 is 0 Å². The molecule has 1 aliphatic heterocycles. The predicted octanol–water partition coefficient (Wildman–Crippen LogP) is 3.66. The zero-order chi connectivity index (χ0) is 14.8. The van der Waals surface area contributed by atoms with Gasteiger partial charge in [-0.25, -0.2) is 0 Å². The smallest absolute Gasteiger partial charge is 0.259 e. The van der Waals surface area contributed by atoms with Crippen LogP contribution in [0.4, 0.5) is 0 Å². The van der Waals surface area contributed by atoms with Crippen molar-refractivity contribution in [2.45, 2.75) is 39.2 Å². The molecule has 0 aliphatic carbocycles. The number of hydrogen-bond acceptors (Lipinski definition) is 3. The Labute approximate surface area is 124 Å². The van der Waals surface area contributed by atoms with E-state index in [9.17, 15) is 4.79 Å². The Balaban J connectivity index is 1.98. The van der Waals surface area contributed by atoms with Crippen molar-refractivity contribution in [2.24, 2.45) is 0 Å². The number of carbonyl (C=O) groups is 1. The Bertz CT molecular complexity index is 633. The van der Waals surface area contributed by atoms with Crippen LogP contribution in [0.3, 0.4) is 0 Å². The maximum Gasteiger partial charge on any atom is 0.259 e. The third kappa shape index (κ3) is 2.58. The van der Waals surface area contributed by atoms with Gasteiger partial charge < -0.3 is 9.42 Å². The van der Waals surface area contributed by atoms with Gasteiger partial charge in [0.25, 0.3) is 5.91 Å². The van der Waals surface area contributed by atoms with Crippen molar-refractivity contribution in [1.82, 2.24) is 10.1 Å². The molecule has 0 radical (unpaired) electrons. The lowest BCUT2D eigenvalue weighted by molar-refractivity contribution is 0.0634. The van der Waals surface area contributed by atoms with Gasteiger partial charge in [0.05, 0.1) is 0 Å². The summed E-state index contributed by atoms with van der Waals surface area (Å²) in [4.78, 5) is 14.9. The first-order valence-corrected chi connectivity index (χ1v) is 7.51. The highest BCUT2D eigenvalue weighted by Gasteiger charge is 2.30. The first-order valence-electron chi connectivity index (χ1n) is 7.51. The summed E-state index contributed by atoms with van der Waals surface area (Å²) in [5.41, 5.74) is 2.17. The molecule has 0 saturated carbocycles. The van der Waals surface area contributed by atoms with Crippen LogP contribution in [0.5, 0.6) is 0 Å². The van der Waals surface area contributed by atoms with Crippen LogP contribution >= 0.6 is 0 Å². The van der Waals surface area contributed by atoms with E-state index in [1.54, 1.807) is 6.92 Å². The summed E-state index contributed by atoms with van der Waals surface area (Å²) in [6.07, 6.45) is 3.33. The van der Waals surface area contributed by atoms with E-state index in [-0.39, 0.29) is 11.9 Å². The molecular weight excluding hydrogens is 264 g/mol. The van der Waals surface area contributed by atoms with E-state index < -0.39 is 0 Å². The zero-order valence-corrected chi connectivity index (χ0v) is 12.5. The summed E-state index contributed by atoms with van der Waals surface area (Å²) < 4.78 is 5.30. The molecule has 4 heteroatoms. The Morgan fingerprint density at radius 1 is 1.29 bits per heavy atom. The molecular formula is C17H20N2O2. The molecule has 1 unspecified atom stereocenters. The van der Waals surface area contributed by atoms with Crippen molar-refractivity contribution in [3.05, 3.63) is 41.7 Å². The van der Waals surface area contributed by atoms with Gasteiger partial charge in [-0.15, -0.1) is 0 Å². The molecule has 1 aromatic carbocycles. The molecule has 0 spiro atoms. The highest BCUT2D eigenvalue weighted by molar-refractivity contribution is 6.01. The maximum atomic E-state index is 12.9. The highest BCUT2D eigenvalue weighted by atomic mass is 16.5. The Hall–Kier alpha value is -2.10. The van der Waals surface area contributed by atoms with E-state index in [4.69, 9.17) is 4.52 Å². The fourth-order valence-corrected chi connectivity index (χ4v) is 2.96. The third-order valence-corrected chi connectivity index (χ3v) is 4.19. The number of hydrogen-bond donors (Lipinski definition) is 0. The van der Waals surface area contributed by atoms with Gasteiger partial charge in [0.15, 0.2) is 0 Å². The monoisotopic (exact) mass is 284 g/mol. The van der Waals surface area contributed by atoms with E-state index in [2.05, 4.69) is 12.1 Å². The van der Waals surface area contributed by atoms with E-state index in [0.29, 0.717) is 17.0 Å². The van der Waals surface area contributed by atoms with Crippen LogP contribution in [-0.4, -0.2) is 28.6 Å². The number of nitrogens with zero attached hydrogens (tertiary/aromatic N) is 2. The molecule has 3 rings (SSSR count). The number of benzene rings is 1. The summed E-state index contributed by atoms with van der Waals surface area (Å²) >= 11 is 0. The Kier molecular flexibility index (Phi) is 3.78. The lowest BCUT2D eigenvalue weighted by atomic mass is 10.00. The fourth-order valence-electron chi connectivity index (χ4n) is 2.96. The molecule has 1 atom stereocenters. The number of rotatable bonds is 2. The van der Waals surface area contributed by atoms with Gasteiger partial charge in [0.1, 0.15) is 17.0 Å². The minimum atomic E-state index is 0.0415. The van der Waals surface area contributed by atoms with Gasteiger partial charge in [-0.1, -0.05) is 35.5 Å². The molecule has 1 aliphatic rings. The van der Waals surface area contributed by atoms with Crippen LogP contribution in [-0.2, 0) is 0 Å². The molecule has 1 amide bonds. The molecule has 110 valence electrons. The average molecular weight is 284 g/mol. The molecule has 21 heavy (non-hydrogen) atoms. The summed E-state index contributed by atoms with van der Waals surface area (Å²) in [7, 11) is 0. The van der Waals surface area contributed by atoms with Gasteiger partial charge in [0, 0.05) is 18.2 Å². The number of aryl methyl sites for hydroxylation is 1. The van der Waals surface area contributed by atoms with Crippen LogP contribution in [0.15, 0.2) is 34.9 Å². The molecule has 2 aromatic rings. The molecule has 1 saturated heterocycles. The quantitative estimate of drug-likeness (QED) is 0.845. The summed E-state index contributed by atoms with van der Waals surface area (Å²) in [6, 6.07) is 10.0. The number of aromatic nitrogens is 1. The Morgan fingerprint density at radius 2 is 2.05 bits per heavy atom. The van der Waals surface area contributed by atoms with Crippen molar-refractivity contribution in [3.8, 4) is 11.3 Å². The molecule has 2 heterocycles. The number of amides is 1. The molecule has 1 fully saturated rings. The van der Waals surface area contributed by atoms with E-state index >= 15 is 0 Å². The van der Waals surface area contributed by atoms with Crippen molar-refractivity contribution < 1.29 is 9.32 Å². The van der Waals surface area contributed by atoms with Crippen LogP contribution in [0.1, 0.15) is 42.3 Å². The van der Waals surface area contributed by atoms with Crippen molar-refractivity contribution in [1.29, 1.82) is 0 Å². The molecule has 1 aromatic heterocycles. The van der Waals surface area contributed by atoms with Crippen molar-refractivity contribution in [2.75, 3.05) is 6.54 Å². The van der Waals surface area contributed by atoms with E-state index in [1.165, 1.54) is 6.42 Å². The first kappa shape index (κ1) is 13.9. The first-order chi connectivity index (χ1) is 10.2. The predicted molar refractivity (Wildman–Crippen MR) is 81.0 cm³/mol. The SMILES string of the molecule is Cc1onc(-c2ccccc2)c1C(=O)N1CCCCC1C. The average Bonchev–Trinajstić information content (AvgIpc) is 2.90. The van der Waals surface area contributed by atoms with Crippen molar-refractivity contribution >= 4 is 5.91 Å². The van der Waals surface area contributed by atoms with Crippen LogP contribution in [0.2, 0.25) is 0 Å². The van der Waals surface area contributed by atoms with Gasteiger partial charge in [-0.05, 0) is 33.1 Å². The van der Waals surface area contributed by atoms with E-state index in [1.807, 2.05) is 35.2 Å². The minimum absolute atomic E-state index is 0.0415. The third-order valence-electron chi connectivity index (χ3n) is 4.19. The van der Waals surface area contributed by atoms with Gasteiger partial charge in [-0.3, -0.25) is 4.79 Å². The fraction of sp³-hybridized carbons (Fsp3) is 0.412. The normalized spacial score (nSPS) is 18.8. The van der Waals surface area contributed by atoms with Gasteiger partial charge in [-0.2, -0.15) is 0 Å². The second-order valence-corrected chi connectivity index (χ2v) is 5.67. The van der Waals surface area contributed by atoms with Gasteiger partial charge in [0.2, 0.25) is 0 Å². The van der Waals surface area contributed by atoms with E-state index in [0.717, 1.165) is 24.9 Å². The topological polar surface area (TPSA) is 46.3 Å². The summed E-state index contributed by atoms with van der Waals surface area (Å²) in [5, 5.41) is 4.10. The van der Waals surface area contributed by atoms with Crippen LogP contribution in [0.25, 0.3) is 11.3 Å². The minimum Gasteiger partial charge on any atom is -0.360 e. The lowest BCUT2D eigenvalue weighted by Gasteiger charge is -2.33. The highest BCUT2D eigenvalue weighted by Crippen LogP contribution is 2.28. The van der Waals surface area contributed by atoms with Crippen LogP contribution in [0, 0.1) is 6.92 Å². The standard InChI is InChI=1S/C17H20N2O2/c1-12-8-6-7-11-19(12)17(20)15-13(2)21-18-16(15)14-9-4-3-5-10-14/h3-5,9-10,12H,6-8,11H2,1-2H3.